The number of aromatic nitrogens is 1. The first kappa shape index (κ1) is 16.4. The predicted molar refractivity (Wildman–Crippen MR) is 103 cm³/mol. The molecule has 1 aromatic heterocycles. The van der Waals surface area contributed by atoms with Crippen molar-refractivity contribution in [3.8, 4) is 11.3 Å². The maximum absolute atomic E-state index is 4.86. The molecule has 0 radical (unpaired) electrons. The van der Waals surface area contributed by atoms with Crippen LogP contribution in [0.15, 0.2) is 70.1 Å². The molecule has 1 heterocycles. The largest absolute Gasteiger partial charge is 0.258 e. The Bertz CT molecular complexity index is 900. The maximum atomic E-state index is 4.86. The zero-order chi connectivity index (χ0) is 16.9. The summed E-state index contributed by atoms with van der Waals surface area (Å²) in [6.45, 7) is 6.92. The smallest absolute Gasteiger partial charge is 0.206 e. The zero-order valence-electron chi connectivity index (χ0n) is 14.2. The average Bonchev–Trinajstić information content (AvgIpc) is 2.99. The molecule has 0 amide bonds. The number of nitrogens with zero attached hydrogens (tertiary/aromatic N) is 3. The highest BCUT2D eigenvalue weighted by Gasteiger charge is 2.08. The third-order valence-electron chi connectivity index (χ3n) is 3.77. The number of thiazole rings is 1. The molecule has 0 saturated heterocycles. The minimum atomic E-state index is 0.744. The van der Waals surface area contributed by atoms with E-state index in [1.807, 2.05) is 36.7 Å². The van der Waals surface area contributed by atoms with E-state index in [9.17, 15) is 0 Å². The summed E-state index contributed by atoms with van der Waals surface area (Å²) in [6, 6.07) is 18.8. The molecule has 3 rings (SSSR count). The first-order valence-electron chi connectivity index (χ1n) is 8.08. The molecule has 4 heteroatoms. The molecule has 0 fully saturated rings. The van der Waals surface area contributed by atoms with Crippen LogP contribution in [-0.4, -0.2) is 16.9 Å². The Morgan fingerprint density at radius 3 is 2.42 bits per heavy atom. The highest BCUT2D eigenvalue weighted by Crippen LogP contribution is 2.21. The van der Waals surface area contributed by atoms with Gasteiger partial charge < -0.3 is 0 Å². The van der Waals surface area contributed by atoms with E-state index in [1.165, 1.54) is 5.56 Å². The van der Waals surface area contributed by atoms with Gasteiger partial charge in [0.15, 0.2) is 0 Å². The maximum Gasteiger partial charge on any atom is 0.206 e. The van der Waals surface area contributed by atoms with Crippen molar-refractivity contribution in [2.24, 2.45) is 10.1 Å². The van der Waals surface area contributed by atoms with Gasteiger partial charge >= 0.3 is 0 Å². The first-order valence-corrected chi connectivity index (χ1v) is 8.96. The Morgan fingerprint density at radius 1 is 1.04 bits per heavy atom. The van der Waals surface area contributed by atoms with Gasteiger partial charge in [-0.05, 0) is 26.3 Å². The summed E-state index contributed by atoms with van der Waals surface area (Å²) < 4.78 is 1.96. The van der Waals surface area contributed by atoms with Crippen LogP contribution < -0.4 is 4.80 Å². The van der Waals surface area contributed by atoms with Crippen LogP contribution >= 0.6 is 11.3 Å². The van der Waals surface area contributed by atoms with Gasteiger partial charge in [0.2, 0.25) is 4.80 Å². The number of rotatable bonds is 4. The molecule has 0 aliphatic carbocycles. The Hall–Kier alpha value is -2.46. The highest BCUT2D eigenvalue weighted by atomic mass is 32.1. The molecule has 0 N–H and O–H groups in total. The lowest BCUT2D eigenvalue weighted by Crippen LogP contribution is -2.14. The number of hydrogen-bond donors (Lipinski definition) is 0. The van der Waals surface area contributed by atoms with Crippen molar-refractivity contribution in [1.82, 2.24) is 4.68 Å². The van der Waals surface area contributed by atoms with Crippen LogP contribution in [0, 0.1) is 6.92 Å². The van der Waals surface area contributed by atoms with Gasteiger partial charge in [-0.2, -0.15) is 5.10 Å². The molecule has 3 nitrogen and oxygen atoms in total. The summed E-state index contributed by atoms with van der Waals surface area (Å²) >= 11 is 1.63. The number of benzene rings is 2. The summed E-state index contributed by atoms with van der Waals surface area (Å²) in [4.78, 5) is 5.51. The first-order chi connectivity index (χ1) is 11.7. The van der Waals surface area contributed by atoms with Crippen LogP contribution in [0.1, 0.15) is 25.0 Å². The lowest BCUT2D eigenvalue weighted by atomic mass is 10.1. The van der Waals surface area contributed by atoms with Crippen LogP contribution in [0.2, 0.25) is 0 Å². The molecular formula is C20H21N3S. The fourth-order valence-corrected chi connectivity index (χ4v) is 3.34. The molecule has 0 aliphatic rings. The molecule has 0 bridgehead atoms. The van der Waals surface area contributed by atoms with Crippen LogP contribution in [0.3, 0.4) is 0 Å². The highest BCUT2D eigenvalue weighted by molar-refractivity contribution is 7.07. The Morgan fingerprint density at radius 2 is 1.75 bits per heavy atom. The van der Waals surface area contributed by atoms with Crippen molar-refractivity contribution in [3.63, 3.8) is 0 Å². The minimum absolute atomic E-state index is 0.744. The van der Waals surface area contributed by atoms with Gasteiger partial charge in [0, 0.05) is 17.5 Å². The van der Waals surface area contributed by atoms with Gasteiger partial charge in [-0.1, -0.05) is 60.2 Å². The van der Waals surface area contributed by atoms with Crippen molar-refractivity contribution >= 4 is 17.0 Å². The fourth-order valence-electron chi connectivity index (χ4n) is 2.45. The second kappa shape index (κ2) is 7.41. The van der Waals surface area contributed by atoms with Crippen molar-refractivity contribution in [2.75, 3.05) is 6.54 Å². The second-order valence-corrected chi connectivity index (χ2v) is 6.44. The van der Waals surface area contributed by atoms with E-state index in [2.05, 4.69) is 53.7 Å². The molecular weight excluding hydrogens is 314 g/mol. The van der Waals surface area contributed by atoms with Crippen LogP contribution in [0.4, 0.5) is 0 Å². The molecule has 122 valence electrons. The summed E-state index contributed by atoms with van der Waals surface area (Å²) in [6.07, 6.45) is 0. The van der Waals surface area contributed by atoms with E-state index in [-0.39, 0.29) is 0 Å². The summed E-state index contributed by atoms with van der Waals surface area (Å²) in [5.41, 5.74) is 5.57. The Kier molecular flexibility index (Phi) is 5.06. The quantitative estimate of drug-likeness (QED) is 0.618. The van der Waals surface area contributed by atoms with Gasteiger partial charge in [0.1, 0.15) is 0 Å². The molecule has 0 spiro atoms. The standard InChI is InChI=1S/C20H21N3S/c1-4-21-20-23(22-16(3)17-8-6-5-7-9-17)19(14-24-20)18-12-10-15(2)11-13-18/h5-14H,4H2,1-3H3. The minimum Gasteiger partial charge on any atom is -0.258 e. The summed E-state index contributed by atoms with van der Waals surface area (Å²) in [7, 11) is 0. The molecule has 2 aromatic carbocycles. The van der Waals surface area contributed by atoms with Crippen LogP contribution in [0.25, 0.3) is 11.3 Å². The van der Waals surface area contributed by atoms with E-state index in [1.54, 1.807) is 11.3 Å². The fraction of sp³-hybridized carbons (Fsp3) is 0.200. The van der Waals surface area contributed by atoms with E-state index in [0.29, 0.717) is 0 Å². The van der Waals surface area contributed by atoms with Crippen molar-refractivity contribution in [2.45, 2.75) is 20.8 Å². The zero-order valence-corrected chi connectivity index (χ0v) is 15.0. The molecule has 24 heavy (non-hydrogen) atoms. The van der Waals surface area contributed by atoms with Gasteiger partial charge in [-0.15, -0.1) is 11.3 Å². The number of hydrogen-bond acceptors (Lipinski definition) is 3. The SMILES string of the molecule is CCN=c1scc(-c2ccc(C)cc2)n1N=C(C)c1ccccc1. The summed E-state index contributed by atoms with van der Waals surface area (Å²) in [5, 5.41) is 6.98. The molecule has 0 atom stereocenters. The lowest BCUT2D eigenvalue weighted by molar-refractivity contribution is 0.827. The van der Waals surface area contributed by atoms with Crippen molar-refractivity contribution in [3.05, 3.63) is 75.9 Å². The third-order valence-corrected chi connectivity index (χ3v) is 4.62. The molecule has 3 aromatic rings. The van der Waals surface area contributed by atoms with Crippen LogP contribution in [-0.2, 0) is 0 Å². The van der Waals surface area contributed by atoms with Crippen molar-refractivity contribution in [1.29, 1.82) is 0 Å². The van der Waals surface area contributed by atoms with E-state index in [4.69, 9.17) is 5.10 Å². The molecule has 0 unspecified atom stereocenters. The number of aryl methyl sites for hydroxylation is 1. The van der Waals surface area contributed by atoms with E-state index in [0.717, 1.165) is 33.9 Å². The molecule has 0 aliphatic heterocycles. The normalized spacial score (nSPS) is 12.6. The summed E-state index contributed by atoms with van der Waals surface area (Å²) in [5.74, 6) is 0. The van der Waals surface area contributed by atoms with Crippen molar-refractivity contribution < 1.29 is 0 Å². The monoisotopic (exact) mass is 335 g/mol. The lowest BCUT2D eigenvalue weighted by Gasteiger charge is -2.06. The second-order valence-electron chi connectivity index (χ2n) is 5.61. The Labute approximate surface area is 146 Å². The van der Waals surface area contributed by atoms with Gasteiger partial charge in [-0.3, -0.25) is 4.99 Å². The predicted octanol–water partition coefficient (Wildman–Crippen LogP) is 4.72. The van der Waals surface area contributed by atoms with Gasteiger partial charge in [0.05, 0.1) is 11.4 Å². The van der Waals surface area contributed by atoms with E-state index < -0.39 is 0 Å². The van der Waals surface area contributed by atoms with Crippen LogP contribution in [0.5, 0.6) is 0 Å². The van der Waals surface area contributed by atoms with Gasteiger partial charge in [-0.25, -0.2) is 4.68 Å². The van der Waals surface area contributed by atoms with Gasteiger partial charge in [0.25, 0.3) is 0 Å². The average molecular weight is 335 g/mol. The van der Waals surface area contributed by atoms with E-state index >= 15 is 0 Å². The Balaban J connectivity index is 2.13. The topological polar surface area (TPSA) is 29.6 Å². The molecule has 0 saturated carbocycles. The third kappa shape index (κ3) is 3.54.